The van der Waals surface area contributed by atoms with Gasteiger partial charge in [0.15, 0.2) is 0 Å². The molecule has 2 aromatic carbocycles. The van der Waals surface area contributed by atoms with E-state index in [9.17, 15) is 14.4 Å². The standard InChI is InChI=1S/C14H12NO3P/c16-19(17,18)14-8-4-3-7-13(14)15-10-9-11-5-1-2-6-12(11)15/h1-10H,(H2,16,17,18). The highest BCUT2D eigenvalue weighted by Crippen LogP contribution is 2.36. The highest BCUT2D eigenvalue weighted by molar-refractivity contribution is 7.60. The summed E-state index contributed by atoms with van der Waals surface area (Å²) in [7, 11) is -4.30. The molecule has 0 aliphatic carbocycles. The third-order valence-corrected chi connectivity index (χ3v) is 4.06. The first-order chi connectivity index (χ1) is 9.07. The van der Waals surface area contributed by atoms with E-state index >= 15 is 0 Å². The smallest absolute Gasteiger partial charge is 0.321 e. The highest BCUT2D eigenvalue weighted by atomic mass is 31.2. The Labute approximate surface area is 110 Å². The van der Waals surface area contributed by atoms with Crippen LogP contribution in [0.3, 0.4) is 0 Å². The summed E-state index contributed by atoms with van der Waals surface area (Å²) >= 11 is 0. The molecular formula is C14H12NO3P. The summed E-state index contributed by atoms with van der Waals surface area (Å²) in [6, 6.07) is 16.2. The number of hydrogen-bond acceptors (Lipinski definition) is 1. The molecule has 0 fully saturated rings. The summed E-state index contributed by atoms with van der Waals surface area (Å²) in [5.74, 6) is 0. The van der Waals surface area contributed by atoms with Gasteiger partial charge in [-0.05, 0) is 29.7 Å². The zero-order valence-corrected chi connectivity index (χ0v) is 10.9. The zero-order valence-electron chi connectivity index (χ0n) is 9.97. The van der Waals surface area contributed by atoms with Crippen molar-refractivity contribution in [1.29, 1.82) is 0 Å². The van der Waals surface area contributed by atoms with Gasteiger partial charge in [0.2, 0.25) is 0 Å². The van der Waals surface area contributed by atoms with E-state index in [1.165, 1.54) is 6.07 Å². The minimum Gasteiger partial charge on any atom is -0.321 e. The molecule has 0 aliphatic rings. The van der Waals surface area contributed by atoms with E-state index in [2.05, 4.69) is 0 Å². The van der Waals surface area contributed by atoms with Crippen molar-refractivity contribution in [2.75, 3.05) is 0 Å². The molecule has 0 spiro atoms. The molecule has 2 N–H and O–H groups in total. The zero-order chi connectivity index (χ0) is 13.5. The summed E-state index contributed by atoms with van der Waals surface area (Å²) in [5, 5.41) is 1.07. The molecule has 0 atom stereocenters. The monoisotopic (exact) mass is 273 g/mol. The van der Waals surface area contributed by atoms with Gasteiger partial charge in [0.1, 0.15) is 0 Å². The molecular weight excluding hydrogens is 261 g/mol. The summed E-state index contributed by atoms with van der Waals surface area (Å²) in [6.07, 6.45) is 1.82. The number of hydrogen-bond donors (Lipinski definition) is 2. The van der Waals surface area contributed by atoms with Crippen LogP contribution in [-0.4, -0.2) is 14.4 Å². The second-order valence-electron chi connectivity index (χ2n) is 4.28. The van der Waals surface area contributed by atoms with Crippen LogP contribution in [0.1, 0.15) is 0 Å². The quantitative estimate of drug-likeness (QED) is 0.705. The molecule has 0 radical (unpaired) electrons. The Kier molecular flexibility index (Phi) is 2.79. The van der Waals surface area contributed by atoms with E-state index in [0.29, 0.717) is 5.69 Å². The fraction of sp³-hybridized carbons (Fsp3) is 0. The maximum Gasteiger partial charge on any atom is 0.358 e. The minimum atomic E-state index is -4.30. The molecule has 96 valence electrons. The van der Waals surface area contributed by atoms with E-state index < -0.39 is 7.60 Å². The largest absolute Gasteiger partial charge is 0.358 e. The topological polar surface area (TPSA) is 62.5 Å². The predicted octanol–water partition coefficient (Wildman–Crippen LogP) is 2.43. The van der Waals surface area contributed by atoms with Crippen LogP contribution in [-0.2, 0) is 4.57 Å². The van der Waals surface area contributed by atoms with Crippen molar-refractivity contribution in [3.8, 4) is 5.69 Å². The van der Waals surface area contributed by atoms with Crippen LogP contribution in [0.4, 0.5) is 0 Å². The summed E-state index contributed by atoms with van der Waals surface area (Å²) in [5.41, 5.74) is 1.43. The van der Waals surface area contributed by atoms with Gasteiger partial charge in [-0.2, -0.15) is 0 Å². The van der Waals surface area contributed by atoms with Crippen molar-refractivity contribution in [1.82, 2.24) is 4.57 Å². The van der Waals surface area contributed by atoms with Gasteiger partial charge >= 0.3 is 7.60 Å². The lowest BCUT2D eigenvalue weighted by molar-refractivity contribution is 0.387. The van der Waals surface area contributed by atoms with Crippen LogP contribution in [0, 0.1) is 0 Å². The average Bonchev–Trinajstić information content (AvgIpc) is 2.81. The molecule has 0 saturated carbocycles. The molecule has 5 heteroatoms. The van der Waals surface area contributed by atoms with Crippen molar-refractivity contribution < 1.29 is 14.4 Å². The number of rotatable bonds is 2. The number of para-hydroxylation sites is 2. The Bertz CT molecular complexity index is 788. The van der Waals surface area contributed by atoms with Gasteiger partial charge in [0, 0.05) is 6.20 Å². The molecule has 4 nitrogen and oxygen atoms in total. The minimum absolute atomic E-state index is 0.0383. The van der Waals surface area contributed by atoms with E-state index in [4.69, 9.17) is 0 Å². The lowest BCUT2D eigenvalue weighted by atomic mass is 10.2. The van der Waals surface area contributed by atoms with Crippen LogP contribution in [0.5, 0.6) is 0 Å². The number of aromatic nitrogens is 1. The molecule has 0 amide bonds. The SMILES string of the molecule is O=P(O)(O)c1ccccc1-n1ccc2ccccc21. The third kappa shape index (κ3) is 2.10. The average molecular weight is 273 g/mol. The normalized spacial score (nSPS) is 11.9. The maximum absolute atomic E-state index is 11.6. The Balaban J connectivity index is 2.31. The first kappa shape index (κ1) is 12.2. The molecule has 0 unspecified atom stereocenters. The summed E-state index contributed by atoms with van der Waals surface area (Å²) < 4.78 is 13.4. The number of fused-ring (bicyclic) bond motifs is 1. The number of nitrogens with zero attached hydrogens (tertiary/aromatic N) is 1. The molecule has 0 aliphatic heterocycles. The highest BCUT2D eigenvalue weighted by Gasteiger charge is 2.22. The van der Waals surface area contributed by atoms with Crippen LogP contribution in [0.2, 0.25) is 0 Å². The second-order valence-corrected chi connectivity index (χ2v) is 5.85. The van der Waals surface area contributed by atoms with Gasteiger partial charge in [-0.1, -0.05) is 30.3 Å². The Morgan fingerprint density at radius 1 is 0.895 bits per heavy atom. The van der Waals surface area contributed by atoms with Gasteiger partial charge in [-0.15, -0.1) is 0 Å². The third-order valence-electron chi connectivity index (χ3n) is 3.05. The van der Waals surface area contributed by atoms with Crippen LogP contribution in [0.25, 0.3) is 16.6 Å². The van der Waals surface area contributed by atoms with Crippen LogP contribution < -0.4 is 5.30 Å². The van der Waals surface area contributed by atoms with Gasteiger partial charge < -0.3 is 14.4 Å². The van der Waals surface area contributed by atoms with Crippen molar-refractivity contribution >= 4 is 23.8 Å². The fourth-order valence-electron chi connectivity index (χ4n) is 2.21. The number of benzene rings is 2. The van der Waals surface area contributed by atoms with Gasteiger partial charge in [-0.3, -0.25) is 4.57 Å². The first-order valence-electron chi connectivity index (χ1n) is 5.79. The van der Waals surface area contributed by atoms with Crippen LogP contribution >= 0.6 is 7.60 Å². The van der Waals surface area contributed by atoms with Crippen molar-refractivity contribution in [2.24, 2.45) is 0 Å². The second kappa shape index (κ2) is 4.35. The molecule has 19 heavy (non-hydrogen) atoms. The van der Waals surface area contributed by atoms with E-state index in [1.807, 2.05) is 36.5 Å². The van der Waals surface area contributed by atoms with Gasteiger partial charge in [0.25, 0.3) is 0 Å². The van der Waals surface area contributed by atoms with Crippen molar-refractivity contribution in [3.05, 3.63) is 60.8 Å². The molecule has 1 heterocycles. The molecule has 3 rings (SSSR count). The van der Waals surface area contributed by atoms with Crippen molar-refractivity contribution in [3.63, 3.8) is 0 Å². The van der Waals surface area contributed by atoms with E-state index in [0.717, 1.165) is 10.9 Å². The Morgan fingerprint density at radius 2 is 1.58 bits per heavy atom. The van der Waals surface area contributed by atoms with Gasteiger partial charge in [0.05, 0.1) is 16.5 Å². The lowest BCUT2D eigenvalue weighted by Gasteiger charge is -2.12. The lowest BCUT2D eigenvalue weighted by Crippen LogP contribution is -2.12. The fourth-order valence-corrected chi connectivity index (χ4v) is 2.97. The van der Waals surface area contributed by atoms with Gasteiger partial charge in [-0.25, -0.2) is 0 Å². The van der Waals surface area contributed by atoms with E-state index in [-0.39, 0.29) is 5.30 Å². The maximum atomic E-state index is 11.6. The first-order valence-corrected chi connectivity index (χ1v) is 7.40. The molecule has 0 saturated heterocycles. The Morgan fingerprint density at radius 3 is 2.37 bits per heavy atom. The van der Waals surface area contributed by atoms with Crippen molar-refractivity contribution in [2.45, 2.75) is 0 Å². The molecule has 0 bridgehead atoms. The molecule has 1 aromatic heterocycles. The Hall–Kier alpha value is -1.87. The van der Waals surface area contributed by atoms with Crippen LogP contribution in [0.15, 0.2) is 60.8 Å². The van der Waals surface area contributed by atoms with E-state index in [1.54, 1.807) is 22.8 Å². The summed E-state index contributed by atoms with van der Waals surface area (Å²) in [4.78, 5) is 18.9. The summed E-state index contributed by atoms with van der Waals surface area (Å²) in [6.45, 7) is 0. The molecule has 3 aromatic rings. The predicted molar refractivity (Wildman–Crippen MR) is 75.0 cm³/mol.